The molecule has 0 aliphatic carbocycles. The van der Waals surface area contributed by atoms with Crippen molar-refractivity contribution in [3.8, 4) is 0 Å². The summed E-state index contributed by atoms with van der Waals surface area (Å²) in [7, 11) is 1.62. The first-order valence-corrected chi connectivity index (χ1v) is 7.52. The number of aromatic nitrogens is 2. The van der Waals surface area contributed by atoms with E-state index in [0.29, 0.717) is 20.8 Å². The van der Waals surface area contributed by atoms with Crippen LogP contribution in [-0.4, -0.2) is 16.4 Å². The summed E-state index contributed by atoms with van der Waals surface area (Å²) in [5.74, 6) is -0.265. The summed E-state index contributed by atoms with van der Waals surface area (Å²) in [5, 5.41) is 5.68. The van der Waals surface area contributed by atoms with Crippen molar-refractivity contribution in [2.24, 2.45) is 7.05 Å². The van der Waals surface area contributed by atoms with Crippen molar-refractivity contribution in [2.45, 2.75) is 17.2 Å². The number of amides is 1. The second kappa shape index (κ2) is 6.55. The maximum absolute atomic E-state index is 12.1. The molecule has 0 aliphatic rings. The Hall–Kier alpha value is -1.44. The van der Waals surface area contributed by atoms with E-state index in [1.807, 2.05) is 0 Å². The number of thioether (sulfide) groups is 1. The molecule has 6 nitrogen and oxygen atoms in total. The lowest BCUT2D eigenvalue weighted by molar-refractivity contribution is -0.772. The highest BCUT2D eigenvalue weighted by Gasteiger charge is 2.25. The van der Waals surface area contributed by atoms with Gasteiger partial charge in [0.15, 0.2) is 7.05 Å². The molecule has 1 atom stereocenters. The molecule has 21 heavy (non-hydrogen) atoms. The monoisotopic (exact) mass is 348 g/mol. The number of aryl methyl sites for hydroxylation is 1. The number of hydrogen-bond donors (Lipinski definition) is 2. The molecule has 2 N–H and O–H groups in total. The largest absolute Gasteiger partial charge is 0.441 e. The molecule has 1 heterocycles. The van der Waals surface area contributed by atoms with Gasteiger partial charge in [-0.2, -0.15) is 0 Å². The van der Waals surface area contributed by atoms with Crippen molar-refractivity contribution in [3.63, 3.8) is 0 Å². The lowest BCUT2D eigenvalue weighted by Crippen LogP contribution is -2.35. The standard InChI is InChI=1S/C12H11Cl2N3O3S/c1-6(21-11-12(19)20-16-17(11)2)10(18)15-7-3-4-8(13)9(14)5-7/h3-6H,1-2H3,(H-,15,16,18,19)/p+1. The predicted octanol–water partition coefficient (Wildman–Crippen LogP) is 2.22. The van der Waals surface area contributed by atoms with E-state index in [0.717, 1.165) is 11.8 Å². The number of carbonyl (C=O) groups excluding carboxylic acids is 1. The highest BCUT2D eigenvalue weighted by Crippen LogP contribution is 2.26. The third kappa shape index (κ3) is 3.81. The molecule has 0 radical (unpaired) electrons. The van der Waals surface area contributed by atoms with Crippen LogP contribution in [0.5, 0.6) is 0 Å². The average Bonchev–Trinajstić information content (AvgIpc) is 2.74. The molecule has 2 rings (SSSR count). The number of carbonyl (C=O) groups is 1. The van der Waals surface area contributed by atoms with Crippen molar-refractivity contribution in [1.29, 1.82) is 0 Å². The van der Waals surface area contributed by atoms with Crippen LogP contribution < -0.4 is 15.6 Å². The van der Waals surface area contributed by atoms with Crippen LogP contribution in [0.25, 0.3) is 0 Å². The first-order chi connectivity index (χ1) is 9.88. The third-order valence-corrected chi connectivity index (χ3v) is 4.57. The minimum Gasteiger partial charge on any atom is -0.325 e. The molecular weight excluding hydrogens is 337 g/mol. The summed E-state index contributed by atoms with van der Waals surface area (Å²) < 4.78 is 6.03. The fraction of sp³-hybridized carbons (Fsp3) is 0.250. The molecule has 9 heteroatoms. The first kappa shape index (κ1) is 15.9. The van der Waals surface area contributed by atoms with Crippen LogP contribution in [0.2, 0.25) is 10.0 Å². The Kier molecular flexibility index (Phi) is 4.97. The fourth-order valence-electron chi connectivity index (χ4n) is 1.50. The van der Waals surface area contributed by atoms with Crippen LogP contribution in [0, 0.1) is 0 Å². The summed E-state index contributed by atoms with van der Waals surface area (Å²) in [6, 6.07) is 4.80. The van der Waals surface area contributed by atoms with E-state index in [9.17, 15) is 9.59 Å². The molecular formula is C12H12Cl2N3O3S+. The number of nitrogens with zero attached hydrogens (tertiary/aromatic N) is 1. The number of rotatable bonds is 4. The molecule has 1 unspecified atom stereocenters. The molecule has 1 aromatic heterocycles. The lowest BCUT2D eigenvalue weighted by Gasteiger charge is -2.09. The smallest absolute Gasteiger partial charge is 0.325 e. The predicted molar refractivity (Wildman–Crippen MR) is 80.9 cm³/mol. The van der Waals surface area contributed by atoms with Gasteiger partial charge in [0.05, 0.1) is 15.3 Å². The maximum Gasteiger partial charge on any atom is 0.441 e. The van der Waals surface area contributed by atoms with Gasteiger partial charge >= 0.3 is 10.7 Å². The van der Waals surface area contributed by atoms with E-state index < -0.39 is 10.9 Å². The van der Waals surface area contributed by atoms with E-state index in [1.54, 1.807) is 32.2 Å². The second-order valence-corrected chi connectivity index (χ2v) is 6.37. The van der Waals surface area contributed by atoms with E-state index in [4.69, 9.17) is 23.2 Å². The summed E-state index contributed by atoms with van der Waals surface area (Å²) in [6.07, 6.45) is 0. The molecule has 2 aromatic rings. The van der Waals surface area contributed by atoms with Gasteiger partial charge in [-0.1, -0.05) is 27.9 Å². The zero-order chi connectivity index (χ0) is 15.6. The molecule has 0 fully saturated rings. The van der Waals surface area contributed by atoms with Crippen LogP contribution in [0.1, 0.15) is 6.92 Å². The Balaban J connectivity index is 2.06. The van der Waals surface area contributed by atoms with Gasteiger partial charge in [0.2, 0.25) is 5.91 Å². The molecule has 0 bridgehead atoms. The minimum atomic E-state index is -0.517. The van der Waals surface area contributed by atoms with Crippen molar-refractivity contribution in [3.05, 3.63) is 38.7 Å². The van der Waals surface area contributed by atoms with Crippen LogP contribution in [0.4, 0.5) is 5.69 Å². The lowest BCUT2D eigenvalue weighted by atomic mass is 10.3. The molecule has 112 valence electrons. The van der Waals surface area contributed by atoms with E-state index in [1.165, 1.54) is 4.68 Å². The molecule has 0 saturated heterocycles. The van der Waals surface area contributed by atoms with Gasteiger partial charge in [0.25, 0.3) is 0 Å². The zero-order valence-electron chi connectivity index (χ0n) is 11.1. The Labute approximate surface area is 134 Å². The highest BCUT2D eigenvalue weighted by molar-refractivity contribution is 8.00. The van der Waals surface area contributed by atoms with Crippen LogP contribution in [-0.2, 0) is 11.8 Å². The summed E-state index contributed by atoms with van der Waals surface area (Å²) in [4.78, 5) is 23.5. The fourth-order valence-corrected chi connectivity index (χ4v) is 2.63. The molecule has 0 spiro atoms. The van der Waals surface area contributed by atoms with Gasteiger partial charge in [0.1, 0.15) is 0 Å². The van der Waals surface area contributed by atoms with Crippen molar-refractivity contribution in [2.75, 3.05) is 5.32 Å². The molecule has 0 saturated carbocycles. The number of benzene rings is 1. The number of H-pyrrole nitrogens is 1. The normalized spacial score (nSPS) is 12.2. The number of hydrogen-bond acceptors (Lipinski definition) is 4. The Bertz CT molecular complexity index is 729. The Morgan fingerprint density at radius 1 is 1.43 bits per heavy atom. The first-order valence-electron chi connectivity index (χ1n) is 5.88. The molecule has 1 aromatic carbocycles. The van der Waals surface area contributed by atoms with Crippen LogP contribution in [0.15, 0.2) is 32.5 Å². The average molecular weight is 349 g/mol. The van der Waals surface area contributed by atoms with Gasteiger partial charge < -0.3 is 5.32 Å². The number of anilines is 1. The summed E-state index contributed by atoms with van der Waals surface area (Å²) in [5.41, 5.74) is 0.0176. The van der Waals surface area contributed by atoms with Crippen molar-refractivity contribution < 1.29 is 14.0 Å². The van der Waals surface area contributed by atoms with E-state index >= 15 is 0 Å². The minimum absolute atomic E-state index is 0.265. The van der Waals surface area contributed by atoms with E-state index in [2.05, 4.69) is 15.1 Å². The second-order valence-electron chi connectivity index (χ2n) is 4.22. The van der Waals surface area contributed by atoms with Gasteiger partial charge in [-0.3, -0.25) is 9.32 Å². The van der Waals surface area contributed by atoms with Gasteiger partial charge in [-0.25, -0.2) is 4.79 Å². The topological polar surface area (TPSA) is 79.0 Å². The van der Waals surface area contributed by atoms with Crippen molar-refractivity contribution in [1.82, 2.24) is 5.27 Å². The Morgan fingerprint density at radius 2 is 2.14 bits per heavy atom. The van der Waals surface area contributed by atoms with Crippen molar-refractivity contribution >= 4 is 46.6 Å². The molecule has 0 aliphatic heterocycles. The van der Waals surface area contributed by atoms with Gasteiger partial charge in [-0.05, 0) is 42.2 Å². The Morgan fingerprint density at radius 3 is 2.71 bits per heavy atom. The SMILES string of the molecule is CC(Sc1c(=O)o[nH][n+]1C)C(=O)Nc1ccc(Cl)c(Cl)c1. The number of halogens is 2. The number of nitrogens with one attached hydrogen (secondary N) is 2. The summed E-state index contributed by atoms with van der Waals surface area (Å²) in [6.45, 7) is 1.68. The van der Waals surface area contributed by atoms with E-state index in [-0.39, 0.29) is 5.91 Å². The quantitative estimate of drug-likeness (QED) is 0.655. The maximum atomic E-state index is 12.1. The van der Waals surface area contributed by atoms with Crippen LogP contribution >= 0.6 is 35.0 Å². The highest BCUT2D eigenvalue weighted by atomic mass is 35.5. The number of aromatic amines is 1. The third-order valence-electron chi connectivity index (χ3n) is 2.60. The zero-order valence-corrected chi connectivity index (χ0v) is 13.5. The van der Waals surface area contributed by atoms with Gasteiger partial charge in [-0.15, -0.1) is 0 Å². The molecule has 1 amide bonds. The van der Waals surface area contributed by atoms with Crippen LogP contribution in [0.3, 0.4) is 0 Å². The summed E-state index contributed by atoms with van der Waals surface area (Å²) >= 11 is 12.8. The van der Waals surface area contributed by atoms with Gasteiger partial charge in [0, 0.05) is 5.69 Å².